The molecule has 124 valence electrons. The van der Waals surface area contributed by atoms with E-state index in [0.717, 1.165) is 13.1 Å². The van der Waals surface area contributed by atoms with E-state index in [2.05, 4.69) is 5.32 Å². The molecule has 0 saturated carbocycles. The van der Waals surface area contributed by atoms with Crippen molar-refractivity contribution in [1.29, 1.82) is 0 Å². The second-order valence-corrected chi connectivity index (χ2v) is 7.46. The van der Waals surface area contributed by atoms with Crippen LogP contribution in [-0.2, 0) is 10.0 Å². The van der Waals surface area contributed by atoms with Crippen LogP contribution < -0.4 is 14.8 Å². The van der Waals surface area contributed by atoms with Gasteiger partial charge in [-0.2, -0.15) is 4.31 Å². The fourth-order valence-corrected chi connectivity index (χ4v) is 4.70. The van der Waals surface area contributed by atoms with Crippen molar-refractivity contribution in [2.75, 3.05) is 40.4 Å². The maximum atomic E-state index is 12.7. The van der Waals surface area contributed by atoms with Gasteiger partial charge in [0.25, 0.3) is 0 Å². The van der Waals surface area contributed by atoms with E-state index in [4.69, 9.17) is 9.47 Å². The zero-order valence-corrected chi connectivity index (χ0v) is 14.2. The molecule has 0 bridgehead atoms. The number of benzene rings is 1. The number of methoxy groups -OCH3 is 2. The molecule has 1 aromatic rings. The Kier molecular flexibility index (Phi) is 5.21. The highest BCUT2D eigenvalue weighted by atomic mass is 35.5. The second-order valence-electron chi connectivity index (χ2n) is 5.52. The van der Waals surface area contributed by atoms with Gasteiger partial charge in [-0.1, -0.05) is 0 Å². The highest BCUT2D eigenvalue weighted by Crippen LogP contribution is 2.34. The Morgan fingerprint density at radius 2 is 1.68 bits per heavy atom. The van der Waals surface area contributed by atoms with Crippen molar-refractivity contribution < 1.29 is 17.9 Å². The molecule has 0 spiro atoms. The van der Waals surface area contributed by atoms with E-state index < -0.39 is 10.0 Å². The van der Waals surface area contributed by atoms with Gasteiger partial charge in [0.05, 0.1) is 19.1 Å². The van der Waals surface area contributed by atoms with E-state index in [1.54, 1.807) is 16.4 Å². The van der Waals surface area contributed by atoms with Crippen LogP contribution in [0.3, 0.4) is 0 Å². The van der Waals surface area contributed by atoms with Crippen molar-refractivity contribution in [2.45, 2.75) is 4.90 Å². The summed E-state index contributed by atoms with van der Waals surface area (Å²) in [6.07, 6.45) is 0. The lowest BCUT2D eigenvalue weighted by Crippen LogP contribution is -2.31. The standard InChI is InChI=1S/C14H20N2O4S.ClH/c1-19-13-4-3-12(5-14(13)20-2)21(17,18)16-8-10-6-15-7-11(10)9-16;/h3-5,10-11,15H,6-9H2,1-2H3;1H/t10-,11+;. The molecule has 2 atom stereocenters. The number of hydrogen-bond donors (Lipinski definition) is 1. The molecule has 1 N–H and O–H groups in total. The largest absolute Gasteiger partial charge is 0.493 e. The van der Waals surface area contributed by atoms with Gasteiger partial charge in [0, 0.05) is 19.2 Å². The molecular weight excluding hydrogens is 328 g/mol. The van der Waals surface area contributed by atoms with Crippen molar-refractivity contribution in [1.82, 2.24) is 9.62 Å². The lowest BCUT2D eigenvalue weighted by Gasteiger charge is -2.18. The van der Waals surface area contributed by atoms with E-state index in [1.165, 1.54) is 20.3 Å². The van der Waals surface area contributed by atoms with E-state index >= 15 is 0 Å². The van der Waals surface area contributed by atoms with E-state index in [9.17, 15) is 8.42 Å². The van der Waals surface area contributed by atoms with Crippen LogP contribution in [-0.4, -0.2) is 53.1 Å². The Bertz CT molecular complexity index is 626. The van der Waals surface area contributed by atoms with Gasteiger partial charge in [0.1, 0.15) is 0 Å². The van der Waals surface area contributed by atoms with Crippen molar-refractivity contribution >= 4 is 22.4 Å². The highest BCUT2D eigenvalue weighted by Gasteiger charge is 2.41. The average Bonchev–Trinajstić information content (AvgIpc) is 3.07. The van der Waals surface area contributed by atoms with Crippen LogP contribution in [0.1, 0.15) is 0 Å². The van der Waals surface area contributed by atoms with Crippen molar-refractivity contribution in [3.05, 3.63) is 18.2 Å². The molecule has 0 unspecified atom stereocenters. The van der Waals surface area contributed by atoms with Crippen LogP contribution >= 0.6 is 12.4 Å². The molecule has 3 rings (SSSR count). The number of fused-ring (bicyclic) bond motifs is 1. The third-order valence-corrected chi connectivity index (χ3v) is 6.18. The quantitative estimate of drug-likeness (QED) is 0.878. The number of nitrogens with zero attached hydrogens (tertiary/aromatic N) is 1. The van der Waals surface area contributed by atoms with Crippen molar-refractivity contribution in [3.8, 4) is 11.5 Å². The van der Waals surface area contributed by atoms with Crippen LogP contribution in [0.4, 0.5) is 0 Å². The summed E-state index contributed by atoms with van der Waals surface area (Å²) in [7, 11) is -0.440. The molecule has 2 saturated heterocycles. The Morgan fingerprint density at radius 1 is 1.09 bits per heavy atom. The Hall–Kier alpha value is -1.02. The SMILES string of the molecule is COc1ccc(S(=O)(=O)N2C[C@H]3CNC[C@H]3C2)cc1OC.Cl. The minimum Gasteiger partial charge on any atom is -0.493 e. The average molecular weight is 349 g/mol. The van der Waals surface area contributed by atoms with Gasteiger partial charge in [-0.15, -0.1) is 12.4 Å². The summed E-state index contributed by atoms with van der Waals surface area (Å²) in [6.45, 7) is 2.99. The molecule has 2 heterocycles. The van der Waals surface area contributed by atoms with Crippen LogP contribution in [0, 0.1) is 11.8 Å². The highest BCUT2D eigenvalue weighted by molar-refractivity contribution is 7.89. The molecule has 0 aromatic heterocycles. The molecule has 2 aliphatic rings. The first-order valence-electron chi connectivity index (χ1n) is 6.99. The monoisotopic (exact) mass is 348 g/mol. The van der Waals surface area contributed by atoms with Gasteiger partial charge in [0.15, 0.2) is 11.5 Å². The first kappa shape index (κ1) is 17.3. The summed E-state index contributed by atoms with van der Waals surface area (Å²) >= 11 is 0. The second kappa shape index (κ2) is 6.62. The lowest BCUT2D eigenvalue weighted by atomic mass is 10.0. The van der Waals surface area contributed by atoms with Gasteiger partial charge in [-0.05, 0) is 37.1 Å². The predicted octanol–water partition coefficient (Wildman–Crippen LogP) is 0.966. The minimum absolute atomic E-state index is 0. The number of hydrogen-bond acceptors (Lipinski definition) is 5. The minimum atomic E-state index is -3.47. The molecule has 0 aliphatic carbocycles. The van der Waals surface area contributed by atoms with Gasteiger partial charge in [-0.25, -0.2) is 8.42 Å². The maximum Gasteiger partial charge on any atom is 0.243 e. The van der Waals surface area contributed by atoms with Crippen molar-refractivity contribution in [2.24, 2.45) is 11.8 Å². The summed E-state index contributed by atoms with van der Waals surface area (Å²) in [5.41, 5.74) is 0. The number of nitrogens with one attached hydrogen (secondary N) is 1. The van der Waals surface area contributed by atoms with Crippen LogP contribution in [0.15, 0.2) is 23.1 Å². The molecule has 22 heavy (non-hydrogen) atoms. The van der Waals surface area contributed by atoms with Gasteiger partial charge in [-0.3, -0.25) is 0 Å². The maximum absolute atomic E-state index is 12.7. The number of sulfonamides is 1. The molecule has 0 amide bonds. The fraction of sp³-hybridized carbons (Fsp3) is 0.571. The van der Waals surface area contributed by atoms with Gasteiger partial charge >= 0.3 is 0 Å². The number of ether oxygens (including phenoxy) is 2. The predicted molar refractivity (Wildman–Crippen MR) is 85.4 cm³/mol. The van der Waals surface area contributed by atoms with Gasteiger partial charge in [0.2, 0.25) is 10.0 Å². The van der Waals surface area contributed by atoms with E-state index in [1.807, 2.05) is 0 Å². The topological polar surface area (TPSA) is 67.9 Å². The molecule has 1 aromatic carbocycles. The number of rotatable bonds is 4. The van der Waals surface area contributed by atoms with Crippen LogP contribution in [0.2, 0.25) is 0 Å². The summed E-state index contributed by atoms with van der Waals surface area (Å²) in [5, 5.41) is 3.31. The smallest absolute Gasteiger partial charge is 0.243 e. The fourth-order valence-electron chi connectivity index (χ4n) is 3.13. The molecular formula is C14H21ClN2O4S. The number of halogens is 1. The molecule has 2 fully saturated rings. The zero-order chi connectivity index (χ0) is 15.0. The molecule has 6 nitrogen and oxygen atoms in total. The summed E-state index contributed by atoms with van der Waals surface area (Å²) in [6, 6.07) is 4.73. The summed E-state index contributed by atoms with van der Waals surface area (Å²) in [5.74, 6) is 1.82. The summed E-state index contributed by atoms with van der Waals surface area (Å²) in [4.78, 5) is 0.257. The third kappa shape index (κ3) is 2.90. The summed E-state index contributed by atoms with van der Waals surface area (Å²) < 4.78 is 37.4. The Labute approximate surface area is 137 Å². The zero-order valence-electron chi connectivity index (χ0n) is 12.6. The molecule has 0 radical (unpaired) electrons. The third-order valence-electron chi connectivity index (χ3n) is 4.35. The van der Waals surface area contributed by atoms with Crippen molar-refractivity contribution in [3.63, 3.8) is 0 Å². The van der Waals surface area contributed by atoms with Gasteiger partial charge < -0.3 is 14.8 Å². The normalized spacial score (nSPS) is 24.6. The van der Waals surface area contributed by atoms with E-state index in [0.29, 0.717) is 36.4 Å². The molecule has 8 heteroatoms. The first-order chi connectivity index (χ1) is 10.1. The van der Waals surface area contributed by atoms with Crippen LogP contribution in [0.5, 0.6) is 11.5 Å². The van der Waals surface area contributed by atoms with E-state index in [-0.39, 0.29) is 17.3 Å². The Balaban J connectivity index is 0.00000176. The Morgan fingerprint density at radius 3 is 2.23 bits per heavy atom. The molecule has 2 aliphatic heterocycles. The first-order valence-corrected chi connectivity index (χ1v) is 8.43. The van der Waals surface area contributed by atoms with Crippen LogP contribution in [0.25, 0.3) is 0 Å². The lowest BCUT2D eigenvalue weighted by molar-refractivity contribution is 0.353.